The molecule has 0 aliphatic rings. The molecule has 1 heterocycles. The predicted octanol–water partition coefficient (Wildman–Crippen LogP) is 2.42. The largest absolute Gasteiger partial charge is 0.508 e. The minimum absolute atomic E-state index is 0.0181. The molecule has 100 valence electrons. The van der Waals surface area contributed by atoms with Crippen LogP contribution in [0.15, 0.2) is 36.5 Å². The van der Waals surface area contributed by atoms with E-state index in [1.165, 1.54) is 0 Å². The highest BCUT2D eigenvalue weighted by atomic mass is 16.3. The lowest BCUT2D eigenvalue weighted by Crippen LogP contribution is -2.14. The van der Waals surface area contributed by atoms with E-state index in [4.69, 9.17) is 0 Å². The molecular weight excluding hydrogens is 240 g/mol. The second-order valence-corrected chi connectivity index (χ2v) is 4.59. The summed E-state index contributed by atoms with van der Waals surface area (Å²) in [5, 5.41) is 12.7. The van der Waals surface area contributed by atoms with Crippen molar-refractivity contribution in [2.75, 3.05) is 24.3 Å². The topological polar surface area (TPSA) is 61.3 Å². The minimum Gasteiger partial charge on any atom is -0.508 e. The Morgan fingerprint density at radius 3 is 2.74 bits per heavy atom. The molecule has 1 aromatic heterocycles. The Kier molecular flexibility index (Phi) is 3.85. The monoisotopic (exact) mass is 258 g/mol. The minimum atomic E-state index is 0.0181. The zero-order chi connectivity index (χ0) is 13.8. The van der Waals surface area contributed by atoms with Gasteiger partial charge in [-0.2, -0.15) is 4.98 Å². The van der Waals surface area contributed by atoms with Gasteiger partial charge in [0, 0.05) is 20.3 Å². The Hall–Kier alpha value is -2.30. The number of benzene rings is 1. The third-order valence-corrected chi connectivity index (χ3v) is 2.81. The van der Waals surface area contributed by atoms with Gasteiger partial charge in [0.1, 0.15) is 11.6 Å². The fourth-order valence-electron chi connectivity index (χ4n) is 1.74. The fourth-order valence-corrected chi connectivity index (χ4v) is 1.74. The van der Waals surface area contributed by atoms with E-state index in [9.17, 15) is 5.11 Å². The molecule has 0 aliphatic carbocycles. The van der Waals surface area contributed by atoms with Crippen molar-refractivity contribution in [2.24, 2.45) is 0 Å². The zero-order valence-electron chi connectivity index (χ0n) is 11.3. The number of phenols is 1. The van der Waals surface area contributed by atoms with Crippen LogP contribution in [0.25, 0.3) is 0 Å². The smallest absolute Gasteiger partial charge is 0.225 e. The highest BCUT2D eigenvalue weighted by Gasteiger charge is 2.08. The summed E-state index contributed by atoms with van der Waals surface area (Å²) in [7, 11) is 3.87. The molecule has 0 fully saturated rings. The first-order valence-electron chi connectivity index (χ1n) is 6.12. The molecule has 0 amide bonds. The molecule has 1 atom stereocenters. The maximum atomic E-state index is 9.48. The van der Waals surface area contributed by atoms with Gasteiger partial charge < -0.3 is 15.3 Å². The van der Waals surface area contributed by atoms with E-state index in [1.54, 1.807) is 18.3 Å². The highest BCUT2D eigenvalue weighted by molar-refractivity contribution is 5.42. The molecule has 19 heavy (non-hydrogen) atoms. The number of aromatic hydroxyl groups is 1. The summed E-state index contributed by atoms with van der Waals surface area (Å²) in [6.45, 7) is 2.00. The van der Waals surface area contributed by atoms with E-state index in [0.29, 0.717) is 5.95 Å². The molecule has 5 heteroatoms. The van der Waals surface area contributed by atoms with E-state index < -0.39 is 0 Å². The van der Waals surface area contributed by atoms with Crippen molar-refractivity contribution >= 4 is 11.8 Å². The molecule has 0 aliphatic heterocycles. The summed E-state index contributed by atoms with van der Waals surface area (Å²) in [5.41, 5.74) is 0.985. The molecular formula is C14H18N4O. The second-order valence-electron chi connectivity index (χ2n) is 4.59. The number of anilines is 2. The van der Waals surface area contributed by atoms with Crippen molar-refractivity contribution in [2.45, 2.75) is 13.0 Å². The van der Waals surface area contributed by atoms with E-state index in [-0.39, 0.29) is 11.8 Å². The van der Waals surface area contributed by atoms with Crippen molar-refractivity contribution in [3.05, 3.63) is 42.1 Å². The average molecular weight is 258 g/mol. The molecule has 0 unspecified atom stereocenters. The third kappa shape index (κ3) is 3.34. The summed E-state index contributed by atoms with van der Waals surface area (Å²) in [6, 6.07) is 9.02. The van der Waals surface area contributed by atoms with Crippen molar-refractivity contribution in [3.8, 4) is 5.75 Å². The van der Waals surface area contributed by atoms with E-state index in [2.05, 4.69) is 15.3 Å². The molecule has 5 nitrogen and oxygen atoms in total. The Labute approximate surface area is 112 Å². The first kappa shape index (κ1) is 13.1. The lowest BCUT2D eigenvalue weighted by Gasteiger charge is -2.16. The van der Waals surface area contributed by atoms with Gasteiger partial charge in [0.25, 0.3) is 0 Å². The molecule has 0 saturated heterocycles. The number of aromatic nitrogens is 2. The average Bonchev–Trinajstić information content (AvgIpc) is 2.39. The van der Waals surface area contributed by atoms with Gasteiger partial charge in [0.05, 0.1) is 6.04 Å². The highest BCUT2D eigenvalue weighted by Crippen LogP contribution is 2.21. The SMILES string of the molecule is C[C@H](Nc1nccc(N(C)C)n1)c1cccc(O)c1. The number of nitrogens with one attached hydrogen (secondary N) is 1. The van der Waals surface area contributed by atoms with Crippen molar-refractivity contribution < 1.29 is 5.11 Å². The summed E-state index contributed by atoms with van der Waals surface area (Å²) >= 11 is 0. The van der Waals surface area contributed by atoms with Crippen LogP contribution in [0.3, 0.4) is 0 Å². The Morgan fingerprint density at radius 2 is 2.05 bits per heavy atom. The van der Waals surface area contributed by atoms with E-state index in [0.717, 1.165) is 11.4 Å². The molecule has 2 N–H and O–H groups in total. The van der Waals surface area contributed by atoms with Gasteiger partial charge in [-0.1, -0.05) is 12.1 Å². The van der Waals surface area contributed by atoms with Crippen molar-refractivity contribution in [1.82, 2.24) is 9.97 Å². The van der Waals surface area contributed by atoms with Gasteiger partial charge in [-0.05, 0) is 30.7 Å². The second kappa shape index (κ2) is 5.56. The lowest BCUT2D eigenvalue weighted by atomic mass is 10.1. The van der Waals surface area contributed by atoms with Gasteiger partial charge in [0.2, 0.25) is 5.95 Å². The van der Waals surface area contributed by atoms with E-state index in [1.807, 2.05) is 44.1 Å². The predicted molar refractivity (Wildman–Crippen MR) is 76.5 cm³/mol. The quantitative estimate of drug-likeness (QED) is 0.882. The van der Waals surface area contributed by atoms with Gasteiger partial charge in [-0.25, -0.2) is 4.98 Å². The summed E-state index contributed by atoms with van der Waals surface area (Å²) in [6.07, 6.45) is 1.72. The number of hydrogen-bond acceptors (Lipinski definition) is 5. The first-order chi connectivity index (χ1) is 9.06. The molecule has 2 aromatic rings. The third-order valence-electron chi connectivity index (χ3n) is 2.81. The van der Waals surface area contributed by atoms with Gasteiger partial charge in [-0.3, -0.25) is 0 Å². The Balaban J connectivity index is 2.14. The number of hydrogen-bond donors (Lipinski definition) is 2. The summed E-state index contributed by atoms with van der Waals surface area (Å²) in [5.74, 6) is 1.68. The number of nitrogens with zero attached hydrogens (tertiary/aromatic N) is 3. The van der Waals surface area contributed by atoms with Crippen molar-refractivity contribution in [3.63, 3.8) is 0 Å². The van der Waals surface area contributed by atoms with Crippen LogP contribution in [0, 0.1) is 0 Å². The molecule has 0 spiro atoms. The Morgan fingerprint density at radius 1 is 1.26 bits per heavy atom. The van der Waals surface area contributed by atoms with Crippen LogP contribution in [-0.2, 0) is 0 Å². The van der Waals surface area contributed by atoms with Crippen LogP contribution in [0.5, 0.6) is 5.75 Å². The summed E-state index contributed by atoms with van der Waals surface area (Å²) < 4.78 is 0. The molecule has 0 saturated carbocycles. The van der Waals surface area contributed by atoms with Crippen LogP contribution in [0.1, 0.15) is 18.5 Å². The number of phenolic OH excluding ortho intramolecular Hbond substituents is 1. The van der Waals surface area contributed by atoms with Crippen LogP contribution < -0.4 is 10.2 Å². The van der Waals surface area contributed by atoms with Gasteiger partial charge in [0.15, 0.2) is 0 Å². The van der Waals surface area contributed by atoms with Crippen LogP contribution in [-0.4, -0.2) is 29.2 Å². The maximum absolute atomic E-state index is 9.48. The standard InChI is InChI=1S/C14H18N4O/c1-10(11-5-4-6-12(19)9-11)16-14-15-8-7-13(17-14)18(2)3/h4-10,19H,1-3H3,(H,15,16,17)/t10-/m0/s1. The molecule has 0 radical (unpaired) electrons. The Bertz CT molecular complexity index is 557. The summed E-state index contributed by atoms with van der Waals surface area (Å²) in [4.78, 5) is 10.5. The molecule has 0 bridgehead atoms. The van der Waals surface area contributed by atoms with Crippen LogP contribution in [0.4, 0.5) is 11.8 Å². The van der Waals surface area contributed by atoms with Gasteiger partial charge in [-0.15, -0.1) is 0 Å². The number of rotatable bonds is 4. The lowest BCUT2D eigenvalue weighted by molar-refractivity contribution is 0.474. The van der Waals surface area contributed by atoms with Crippen molar-refractivity contribution in [1.29, 1.82) is 0 Å². The van der Waals surface area contributed by atoms with Gasteiger partial charge >= 0.3 is 0 Å². The molecule has 1 aromatic carbocycles. The fraction of sp³-hybridized carbons (Fsp3) is 0.286. The maximum Gasteiger partial charge on any atom is 0.225 e. The zero-order valence-corrected chi connectivity index (χ0v) is 11.3. The normalized spacial score (nSPS) is 11.9. The van der Waals surface area contributed by atoms with Crippen LogP contribution >= 0.6 is 0 Å². The molecule has 2 rings (SSSR count). The first-order valence-corrected chi connectivity index (χ1v) is 6.12. The van der Waals surface area contributed by atoms with E-state index >= 15 is 0 Å². The van der Waals surface area contributed by atoms with Crippen LogP contribution in [0.2, 0.25) is 0 Å².